The van der Waals surface area contributed by atoms with Crippen LogP contribution in [-0.2, 0) is 24.9 Å². The van der Waals surface area contributed by atoms with Gasteiger partial charge in [0.25, 0.3) is 5.56 Å². The summed E-state index contributed by atoms with van der Waals surface area (Å²) in [6.07, 6.45) is 0. The van der Waals surface area contributed by atoms with E-state index in [1.807, 2.05) is 24.0 Å². The molecule has 1 atom stereocenters. The topological polar surface area (TPSA) is 105 Å². The molecule has 146 valence electrons. The van der Waals surface area contributed by atoms with Crippen LogP contribution < -0.4 is 21.3 Å². The van der Waals surface area contributed by atoms with Gasteiger partial charge in [0.05, 0.1) is 12.5 Å². The first-order chi connectivity index (χ1) is 13.3. The molecule has 1 aromatic carbocycles. The number of nitrogens with zero attached hydrogens (tertiary/aromatic N) is 5. The van der Waals surface area contributed by atoms with Crippen LogP contribution in [0.4, 0.5) is 11.6 Å². The zero-order chi connectivity index (χ0) is 20.2. The minimum Gasteiger partial charge on any atom is -0.548 e. The maximum atomic E-state index is 12.9. The van der Waals surface area contributed by atoms with Crippen molar-refractivity contribution in [3.63, 3.8) is 0 Å². The molecule has 4 rings (SSSR count). The molecule has 9 nitrogen and oxygen atoms in total. The van der Waals surface area contributed by atoms with E-state index in [4.69, 9.17) is 11.6 Å². The van der Waals surface area contributed by atoms with Crippen LogP contribution in [0.1, 0.15) is 6.92 Å². The molecule has 0 N–H and O–H groups in total. The first kappa shape index (κ1) is 18.3. The number of carbonyl (C=O) groups excluding carboxylic acids is 1. The number of aryl methyl sites for hydroxylation is 1. The molecule has 0 radical (unpaired) electrons. The van der Waals surface area contributed by atoms with E-state index in [0.717, 1.165) is 5.69 Å². The van der Waals surface area contributed by atoms with Gasteiger partial charge in [-0.15, -0.1) is 0 Å². The van der Waals surface area contributed by atoms with Gasteiger partial charge in [-0.2, -0.15) is 4.98 Å². The van der Waals surface area contributed by atoms with E-state index >= 15 is 0 Å². The number of carboxylic acids is 1. The molecule has 0 unspecified atom stereocenters. The highest BCUT2D eigenvalue weighted by Crippen LogP contribution is 2.33. The summed E-state index contributed by atoms with van der Waals surface area (Å²) in [4.78, 5) is 42.9. The first-order valence-electron chi connectivity index (χ1n) is 8.71. The normalized spacial score (nSPS) is 16.4. The summed E-state index contributed by atoms with van der Waals surface area (Å²) in [6.45, 7) is 2.43. The summed E-state index contributed by atoms with van der Waals surface area (Å²) in [5.74, 6) is -0.798. The number of aliphatic carboxylic acids is 1. The first-order valence-corrected chi connectivity index (χ1v) is 9.08. The van der Waals surface area contributed by atoms with E-state index in [1.54, 1.807) is 16.7 Å². The third-order valence-corrected chi connectivity index (χ3v) is 5.12. The van der Waals surface area contributed by atoms with Crippen molar-refractivity contribution in [1.29, 1.82) is 0 Å². The van der Waals surface area contributed by atoms with Crippen molar-refractivity contribution >= 4 is 40.4 Å². The van der Waals surface area contributed by atoms with Crippen molar-refractivity contribution in [3.8, 4) is 0 Å². The smallest absolute Gasteiger partial charge is 0.332 e. The van der Waals surface area contributed by atoms with Crippen LogP contribution in [0.2, 0.25) is 5.02 Å². The molecular formula is C18H17ClN5O4-. The molecule has 0 saturated carbocycles. The lowest BCUT2D eigenvalue weighted by Gasteiger charge is -2.33. The zero-order valence-electron chi connectivity index (χ0n) is 15.3. The van der Waals surface area contributed by atoms with Gasteiger partial charge in [-0.1, -0.05) is 18.5 Å². The standard InChI is InChI=1S/C18H18ClN5O4/c1-10-7-22(12-5-3-11(19)4-6-12)17-20-15-14(23(17)8-10)16(27)24(9-13(25)26)18(28)21(15)2/h3-6,10H,7-9H2,1-2H3,(H,25,26)/p-1/t10-/m1/s1. The Morgan fingerprint density at radius 1 is 1.25 bits per heavy atom. The van der Waals surface area contributed by atoms with Crippen LogP contribution in [-0.4, -0.2) is 31.2 Å². The Morgan fingerprint density at radius 3 is 2.57 bits per heavy atom. The van der Waals surface area contributed by atoms with Gasteiger partial charge in [0.1, 0.15) is 0 Å². The minimum absolute atomic E-state index is 0.187. The van der Waals surface area contributed by atoms with Crippen LogP contribution in [0.25, 0.3) is 11.2 Å². The summed E-state index contributed by atoms with van der Waals surface area (Å²) in [6, 6.07) is 7.26. The van der Waals surface area contributed by atoms with Crippen LogP contribution in [0, 0.1) is 5.92 Å². The molecule has 10 heteroatoms. The monoisotopic (exact) mass is 402 g/mol. The number of rotatable bonds is 3. The van der Waals surface area contributed by atoms with Gasteiger partial charge in [-0.3, -0.25) is 13.9 Å². The maximum Gasteiger partial charge on any atom is 0.332 e. The number of imidazole rings is 1. The Labute approximate surface area is 164 Å². The summed E-state index contributed by atoms with van der Waals surface area (Å²) < 4.78 is 3.60. The summed E-state index contributed by atoms with van der Waals surface area (Å²) >= 11 is 5.99. The lowest BCUT2D eigenvalue weighted by Crippen LogP contribution is -2.44. The maximum absolute atomic E-state index is 12.9. The van der Waals surface area contributed by atoms with Crippen molar-refractivity contribution in [2.45, 2.75) is 20.0 Å². The predicted octanol–water partition coefficient (Wildman–Crippen LogP) is 0.0878. The van der Waals surface area contributed by atoms with Crippen molar-refractivity contribution in [3.05, 3.63) is 50.1 Å². The number of hydrogen-bond acceptors (Lipinski definition) is 6. The number of carboxylic acid groups (broad SMARTS) is 1. The highest BCUT2D eigenvalue weighted by molar-refractivity contribution is 6.30. The lowest BCUT2D eigenvalue weighted by atomic mass is 10.1. The van der Waals surface area contributed by atoms with E-state index < -0.39 is 23.8 Å². The fraction of sp³-hybridized carbons (Fsp3) is 0.333. The Balaban J connectivity index is 2.00. The summed E-state index contributed by atoms with van der Waals surface area (Å²) in [5.41, 5.74) is -0.168. The third kappa shape index (κ3) is 2.78. The fourth-order valence-electron chi connectivity index (χ4n) is 3.61. The predicted molar refractivity (Wildman–Crippen MR) is 102 cm³/mol. The quantitative estimate of drug-likeness (QED) is 0.614. The molecule has 3 aromatic rings. The largest absolute Gasteiger partial charge is 0.548 e. The number of fused-ring (bicyclic) bond motifs is 3. The van der Waals surface area contributed by atoms with Gasteiger partial charge < -0.3 is 19.4 Å². The number of halogens is 1. The van der Waals surface area contributed by atoms with E-state index in [9.17, 15) is 19.5 Å². The molecule has 0 aliphatic carbocycles. The van der Waals surface area contributed by atoms with Gasteiger partial charge >= 0.3 is 5.69 Å². The average molecular weight is 403 g/mol. The van der Waals surface area contributed by atoms with Gasteiger partial charge in [-0.05, 0) is 30.2 Å². The average Bonchev–Trinajstić information content (AvgIpc) is 3.03. The fourth-order valence-corrected chi connectivity index (χ4v) is 3.74. The van der Waals surface area contributed by atoms with Crippen LogP contribution >= 0.6 is 11.6 Å². The molecule has 0 saturated heterocycles. The van der Waals surface area contributed by atoms with Crippen molar-refractivity contribution in [1.82, 2.24) is 18.7 Å². The molecule has 28 heavy (non-hydrogen) atoms. The number of benzene rings is 1. The van der Waals surface area contributed by atoms with Gasteiger partial charge in [0.15, 0.2) is 11.2 Å². The third-order valence-electron chi connectivity index (χ3n) is 4.87. The van der Waals surface area contributed by atoms with E-state index in [0.29, 0.717) is 28.6 Å². The molecule has 3 heterocycles. The van der Waals surface area contributed by atoms with Crippen molar-refractivity contribution in [2.24, 2.45) is 13.0 Å². The van der Waals surface area contributed by atoms with Crippen molar-refractivity contribution < 1.29 is 9.90 Å². The second-order valence-corrected chi connectivity index (χ2v) is 7.43. The number of anilines is 2. The number of hydrogen-bond donors (Lipinski definition) is 0. The Kier molecular flexibility index (Phi) is 4.26. The molecule has 1 aliphatic rings. The van der Waals surface area contributed by atoms with Crippen LogP contribution in [0.5, 0.6) is 0 Å². The zero-order valence-corrected chi connectivity index (χ0v) is 16.0. The van der Waals surface area contributed by atoms with E-state index in [-0.39, 0.29) is 17.1 Å². The molecule has 0 fully saturated rings. The SMILES string of the molecule is C[C@@H]1CN(c2ccc(Cl)cc2)c2nc3c(c(=O)n(CC(=O)[O-])c(=O)n3C)n2C1. The molecular weight excluding hydrogens is 386 g/mol. The summed E-state index contributed by atoms with van der Waals surface area (Å²) in [7, 11) is 1.46. The van der Waals surface area contributed by atoms with E-state index in [1.165, 1.54) is 11.6 Å². The van der Waals surface area contributed by atoms with Gasteiger partial charge in [0, 0.05) is 30.8 Å². The Hall–Kier alpha value is -3.07. The minimum atomic E-state index is -1.51. The van der Waals surface area contributed by atoms with Gasteiger partial charge in [-0.25, -0.2) is 4.79 Å². The molecule has 0 bridgehead atoms. The van der Waals surface area contributed by atoms with Crippen molar-refractivity contribution in [2.75, 3.05) is 11.4 Å². The second kappa shape index (κ2) is 6.52. The van der Waals surface area contributed by atoms with Gasteiger partial charge in [0.2, 0.25) is 5.95 Å². The lowest BCUT2D eigenvalue weighted by molar-refractivity contribution is -0.306. The van der Waals surface area contributed by atoms with Crippen LogP contribution in [0.15, 0.2) is 33.9 Å². The number of carbonyl (C=O) groups is 1. The second-order valence-electron chi connectivity index (χ2n) is 6.99. The molecule has 1 aliphatic heterocycles. The Bertz CT molecular complexity index is 1210. The number of aromatic nitrogens is 4. The molecule has 0 amide bonds. The van der Waals surface area contributed by atoms with E-state index in [2.05, 4.69) is 4.98 Å². The summed E-state index contributed by atoms with van der Waals surface area (Å²) in [5, 5.41) is 11.6. The highest BCUT2D eigenvalue weighted by atomic mass is 35.5. The van der Waals surface area contributed by atoms with Crippen LogP contribution in [0.3, 0.4) is 0 Å². The highest BCUT2D eigenvalue weighted by Gasteiger charge is 2.29. The molecule has 0 spiro atoms. The Morgan fingerprint density at radius 2 is 1.93 bits per heavy atom. The molecule has 2 aromatic heterocycles.